The second-order valence-electron chi connectivity index (χ2n) is 5.39. The molecule has 2 aromatic rings. The van der Waals surface area contributed by atoms with Gasteiger partial charge in [0, 0.05) is 23.4 Å². The van der Waals surface area contributed by atoms with Gasteiger partial charge in [0.1, 0.15) is 5.82 Å². The lowest BCUT2D eigenvalue weighted by molar-refractivity contribution is 0.831. The lowest BCUT2D eigenvalue weighted by Crippen LogP contribution is -2.09. The van der Waals surface area contributed by atoms with Gasteiger partial charge in [-0.3, -0.25) is 0 Å². The molecule has 20 heavy (non-hydrogen) atoms. The molecule has 0 aliphatic rings. The summed E-state index contributed by atoms with van der Waals surface area (Å²) in [5.74, 6) is 2.18. The Morgan fingerprint density at radius 1 is 1.10 bits per heavy atom. The van der Waals surface area contributed by atoms with E-state index in [1.54, 1.807) is 0 Å². The van der Waals surface area contributed by atoms with Gasteiger partial charge in [-0.15, -0.1) is 0 Å². The lowest BCUT2D eigenvalue weighted by Gasteiger charge is -2.17. The quantitative estimate of drug-likeness (QED) is 0.898. The number of aryl methyl sites for hydroxylation is 2. The molecule has 0 bridgehead atoms. The summed E-state index contributed by atoms with van der Waals surface area (Å²) in [7, 11) is 0. The molecule has 0 amide bonds. The summed E-state index contributed by atoms with van der Waals surface area (Å²) < 4.78 is 0. The van der Waals surface area contributed by atoms with Crippen LogP contribution in [0.1, 0.15) is 43.5 Å². The summed E-state index contributed by atoms with van der Waals surface area (Å²) in [6.45, 7) is 11.5. The molecule has 1 heterocycles. The van der Waals surface area contributed by atoms with E-state index in [0.29, 0.717) is 5.92 Å². The number of nitrogens with one attached hydrogen (secondary N) is 1. The fraction of sp³-hybridized carbons (Fsp3) is 0.412. The van der Waals surface area contributed by atoms with E-state index in [4.69, 9.17) is 9.97 Å². The van der Waals surface area contributed by atoms with Crippen molar-refractivity contribution in [1.82, 2.24) is 9.97 Å². The molecule has 3 nitrogen and oxygen atoms in total. The van der Waals surface area contributed by atoms with Gasteiger partial charge in [0.15, 0.2) is 5.82 Å². The zero-order valence-corrected chi connectivity index (χ0v) is 13.0. The third kappa shape index (κ3) is 2.82. The number of hydrogen-bond acceptors (Lipinski definition) is 3. The van der Waals surface area contributed by atoms with Gasteiger partial charge in [0.25, 0.3) is 0 Å². The molecule has 1 aromatic carbocycles. The van der Waals surface area contributed by atoms with E-state index < -0.39 is 0 Å². The summed E-state index contributed by atoms with van der Waals surface area (Å²) in [6, 6.07) is 8.25. The van der Waals surface area contributed by atoms with Crippen molar-refractivity contribution in [1.29, 1.82) is 0 Å². The Labute approximate surface area is 121 Å². The van der Waals surface area contributed by atoms with Gasteiger partial charge < -0.3 is 5.32 Å². The van der Waals surface area contributed by atoms with Crippen LogP contribution >= 0.6 is 0 Å². The first-order valence-electron chi connectivity index (χ1n) is 7.23. The van der Waals surface area contributed by atoms with E-state index in [9.17, 15) is 0 Å². The first-order chi connectivity index (χ1) is 9.54. The SMILES string of the molecule is CCNc1nc(-c2ccccc2C)nc(C)c1C(C)C. The summed E-state index contributed by atoms with van der Waals surface area (Å²) in [4.78, 5) is 9.47. The minimum absolute atomic E-state index is 0.412. The zero-order chi connectivity index (χ0) is 14.7. The smallest absolute Gasteiger partial charge is 0.162 e. The lowest BCUT2D eigenvalue weighted by atomic mass is 10.0. The van der Waals surface area contributed by atoms with Crippen LogP contribution in [-0.4, -0.2) is 16.5 Å². The molecule has 0 saturated heterocycles. The molecular formula is C17H23N3. The van der Waals surface area contributed by atoms with Crippen molar-refractivity contribution in [3.63, 3.8) is 0 Å². The Bertz CT molecular complexity index is 603. The molecule has 0 radical (unpaired) electrons. The van der Waals surface area contributed by atoms with Crippen molar-refractivity contribution in [3.8, 4) is 11.4 Å². The van der Waals surface area contributed by atoms with Crippen molar-refractivity contribution in [2.75, 3.05) is 11.9 Å². The van der Waals surface area contributed by atoms with E-state index >= 15 is 0 Å². The van der Waals surface area contributed by atoms with Crippen LogP contribution in [0.15, 0.2) is 24.3 Å². The third-order valence-electron chi connectivity index (χ3n) is 3.44. The van der Waals surface area contributed by atoms with Crippen molar-refractivity contribution >= 4 is 5.82 Å². The molecule has 0 atom stereocenters. The van der Waals surface area contributed by atoms with Gasteiger partial charge in [-0.2, -0.15) is 0 Å². The maximum atomic E-state index is 4.75. The van der Waals surface area contributed by atoms with E-state index in [1.807, 2.05) is 12.1 Å². The van der Waals surface area contributed by atoms with E-state index in [2.05, 4.69) is 52.1 Å². The number of nitrogens with zero attached hydrogens (tertiary/aromatic N) is 2. The normalized spacial score (nSPS) is 10.9. The summed E-state index contributed by atoms with van der Waals surface area (Å²) >= 11 is 0. The van der Waals surface area contributed by atoms with E-state index in [1.165, 1.54) is 11.1 Å². The van der Waals surface area contributed by atoms with Gasteiger partial charge in [0.05, 0.1) is 0 Å². The van der Waals surface area contributed by atoms with Crippen LogP contribution in [0.2, 0.25) is 0 Å². The Balaban J connectivity index is 2.60. The molecule has 0 spiro atoms. The molecule has 106 valence electrons. The third-order valence-corrected chi connectivity index (χ3v) is 3.44. The molecule has 1 N–H and O–H groups in total. The molecule has 0 aliphatic carbocycles. The van der Waals surface area contributed by atoms with Crippen molar-refractivity contribution < 1.29 is 0 Å². The zero-order valence-electron chi connectivity index (χ0n) is 13.0. The number of hydrogen-bond donors (Lipinski definition) is 1. The van der Waals surface area contributed by atoms with Crippen LogP contribution in [0.3, 0.4) is 0 Å². The van der Waals surface area contributed by atoms with Gasteiger partial charge in [-0.1, -0.05) is 38.1 Å². The summed E-state index contributed by atoms with van der Waals surface area (Å²) in [6.07, 6.45) is 0. The van der Waals surface area contributed by atoms with Crippen LogP contribution in [-0.2, 0) is 0 Å². The molecule has 3 heteroatoms. The van der Waals surface area contributed by atoms with Gasteiger partial charge in [-0.25, -0.2) is 9.97 Å². The Morgan fingerprint density at radius 3 is 2.40 bits per heavy atom. The molecule has 2 rings (SSSR count). The van der Waals surface area contributed by atoms with Crippen LogP contribution in [0, 0.1) is 13.8 Å². The second-order valence-corrected chi connectivity index (χ2v) is 5.39. The molecule has 1 aromatic heterocycles. The minimum atomic E-state index is 0.412. The number of aromatic nitrogens is 2. The standard InChI is InChI=1S/C17H23N3/c1-6-18-17-15(11(2)3)13(5)19-16(20-17)14-10-8-7-9-12(14)4/h7-11H,6H2,1-5H3,(H,18,19,20). The predicted octanol–water partition coefficient (Wildman–Crippen LogP) is 4.32. The molecule has 0 unspecified atom stereocenters. The Hall–Kier alpha value is -1.90. The monoisotopic (exact) mass is 269 g/mol. The topological polar surface area (TPSA) is 37.8 Å². The van der Waals surface area contributed by atoms with Crippen LogP contribution in [0.4, 0.5) is 5.82 Å². The first kappa shape index (κ1) is 14.5. The van der Waals surface area contributed by atoms with Gasteiger partial charge in [-0.05, 0) is 32.3 Å². The molecule has 0 saturated carbocycles. The van der Waals surface area contributed by atoms with Crippen LogP contribution in [0.5, 0.6) is 0 Å². The first-order valence-corrected chi connectivity index (χ1v) is 7.23. The van der Waals surface area contributed by atoms with Gasteiger partial charge >= 0.3 is 0 Å². The maximum absolute atomic E-state index is 4.75. The second kappa shape index (κ2) is 6.04. The van der Waals surface area contributed by atoms with Crippen molar-refractivity contribution in [2.24, 2.45) is 0 Å². The molecule has 0 aliphatic heterocycles. The van der Waals surface area contributed by atoms with Crippen LogP contribution < -0.4 is 5.32 Å². The highest BCUT2D eigenvalue weighted by molar-refractivity contribution is 5.63. The summed E-state index contributed by atoms with van der Waals surface area (Å²) in [5.41, 5.74) is 4.57. The average molecular weight is 269 g/mol. The Morgan fingerprint density at radius 2 is 1.80 bits per heavy atom. The Kier molecular flexibility index (Phi) is 4.38. The maximum Gasteiger partial charge on any atom is 0.162 e. The minimum Gasteiger partial charge on any atom is -0.370 e. The number of rotatable bonds is 4. The highest BCUT2D eigenvalue weighted by atomic mass is 15.0. The fourth-order valence-corrected chi connectivity index (χ4v) is 2.52. The largest absolute Gasteiger partial charge is 0.370 e. The van der Waals surface area contributed by atoms with E-state index in [0.717, 1.165) is 29.4 Å². The number of benzene rings is 1. The van der Waals surface area contributed by atoms with E-state index in [-0.39, 0.29) is 0 Å². The number of anilines is 1. The molecular weight excluding hydrogens is 246 g/mol. The highest BCUT2D eigenvalue weighted by Crippen LogP contribution is 2.29. The summed E-state index contributed by atoms with van der Waals surface area (Å²) in [5, 5.41) is 3.38. The fourth-order valence-electron chi connectivity index (χ4n) is 2.52. The predicted molar refractivity (Wildman–Crippen MR) is 85.2 cm³/mol. The van der Waals surface area contributed by atoms with Gasteiger partial charge in [0.2, 0.25) is 0 Å². The highest BCUT2D eigenvalue weighted by Gasteiger charge is 2.15. The van der Waals surface area contributed by atoms with Crippen molar-refractivity contribution in [2.45, 2.75) is 40.5 Å². The molecule has 0 fully saturated rings. The van der Waals surface area contributed by atoms with Crippen molar-refractivity contribution in [3.05, 3.63) is 41.1 Å². The van der Waals surface area contributed by atoms with Crippen LogP contribution in [0.25, 0.3) is 11.4 Å². The average Bonchev–Trinajstić information content (AvgIpc) is 2.38.